The molecule has 0 aromatic heterocycles. The van der Waals surface area contributed by atoms with Crippen LogP contribution in [0.2, 0.25) is 0 Å². The Kier molecular flexibility index (Phi) is 4.55. The summed E-state index contributed by atoms with van der Waals surface area (Å²) in [4.78, 5) is 0. The minimum Gasteiger partial charge on any atom is -0.208 e. The lowest BCUT2D eigenvalue weighted by atomic mass is 10.2. The van der Waals surface area contributed by atoms with Gasteiger partial charge in [0.1, 0.15) is 5.83 Å². The molecular weight excluding hydrogens is 127 g/mol. The molecule has 0 aromatic carbocycles. The quantitative estimate of drug-likeness (QED) is 0.527. The van der Waals surface area contributed by atoms with E-state index in [-0.39, 0.29) is 5.83 Å². The van der Waals surface area contributed by atoms with Crippen LogP contribution in [-0.2, 0) is 0 Å². The Morgan fingerprint density at radius 3 is 2.50 bits per heavy atom. The maximum Gasteiger partial charge on any atom is 0.116 e. The molecule has 0 heterocycles. The highest BCUT2D eigenvalue weighted by atomic mass is 19.1. The Labute approximate surface area is 61.8 Å². The molecule has 0 fully saturated rings. The molecule has 0 unspecified atom stereocenters. The summed E-state index contributed by atoms with van der Waals surface area (Å²) in [5, 5.41) is 0. The highest BCUT2D eigenvalue weighted by Crippen LogP contribution is 2.06. The monoisotopic (exact) mass is 140 g/mol. The molecule has 0 rings (SSSR count). The smallest absolute Gasteiger partial charge is 0.116 e. The van der Waals surface area contributed by atoms with E-state index in [0.29, 0.717) is 0 Å². The van der Waals surface area contributed by atoms with Crippen LogP contribution in [0.5, 0.6) is 0 Å². The first-order valence-electron chi connectivity index (χ1n) is 3.38. The lowest BCUT2D eigenvalue weighted by Gasteiger charge is -1.93. The van der Waals surface area contributed by atoms with Crippen molar-refractivity contribution in [2.75, 3.05) is 0 Å². The van der Waals surface area contributed by atoms with Crippen LogP contribution in [0.1, 0.15) is 20.3 Å². The Morgan fingerprint density at radius 2 is 2.20 bits per heavy atom. The minimum absolute atomic E-state index is 0.380. The molecule has 56 valence electrons. The number of hydrogen-bond acceptors (Lipinski definition) is 0. The van der Waals surface area contributed by atoms with Crippen LogP contribution in [0, 0.1) is 0 Å². The van der Waals surface area contributed by atoms with E-state index in [1.807, 2.05) is 26.0 Å². The molecule has 0 spiro atoms. The number of rotatable bonds is 3. The molecule has 0 aliphatic rings. The van der Waals surface area contributed by atoms with Gasteiger partial charge in [-0.05, 0) is 25.0 Å². The molecular formula is C9H13F. The molecule has 0 aromatic rings. The van der Waals surface area contributed by atoms with Crippen molar-refractivity contribution in [1.29, 1.82) is 0 Å². The van der Waals surface area contributed by atoms with Crippen LogP contribution in [0.3, 0.4) is 0 Å². The van der Waals surface area contributed by atoms with Crippen molar-refractivity contribution in [2.45, 2.75) is 20.3 Å². The summed E-state index contributed by atoms with van der Waals surface area (Å²) in [7, 11) is 0. The first-order chi connectivity index (χ1) is 4.70. The second-order valence-electron chi connectivity index (χ2n) is 2.02. The molecule has 0 saturated carbocycles. The topological polar surface area (TPSA) is 0 Å². The minimum atomic E-state index is -0.380. The van der Waals surface area contributed by atoms with E-state index in [4.69, 9.17) is 0 Å². The van der Waals surface area contributed by atoms with Crippen LogP contribution in [-0.4, -0.2) is 0 Å². The van der Waals surface area contributed by atoms with Gasteiger partial charge in [-0.2, -0.15) is 0 Å². The molecule has 0 nitrogen and oxygen atoms in total. The Balaban J connectivity index is 4.18. The second kappa shape index (κ2) is 4.98. The molecule has 0 radical (unpaired) electrons. The second-order valence-corrected chi connectivity index (χ2v) is 2.02. The van der Waals surface area contributed by atoms with E-state index >= 15 is 0 Å². The Bertz CT molecular complexity index is 164. The van der Waals surface area contributed by atoms with Crippen LogP contribution in [0.25, 0.3) is 0 Å². The molecule has 0 aliphatic carbocycles. The van der Waals surface area contributed by atoms with E-state index in [1.165, 1.54) is 6.08 Å². The largest absolute Gasteiger partial charge is 0.208 e. The zero-order valence-electron chi connectivity index (χ0n) is 6.52. The average molecular weight is 140 g/mol. The van der Waals surface area contributed by atoms with Gasteiger partial charge in [0.2, 0.25) is 0 Å². The molecule has 0 amide bonds. The third-order valence-corrected chi connectivity index (χ3v) is 1.13. The van der Waals surface area contributed by atoms with Crippen molar-refractivity contribution in [2.24, 2.45) is 0 Å². The lowest BCUT2D eigenvalue weighted by Crippen LogP contribution is -1.73. The summed E-state index contributed by atoms with van der Waals surface area (Å²) in [6.07, 6.45) is 6.05. The third-order valence-electron chi connectivity index (χ3n) is 1.13. The molecule has 1 heteroatoms. The molecule has 10 heavy (non-hydrogen) atoms. The first-order valence-corrected chi connectivity index (χ1v) is 3.38. The van der Waals surface area contributed by atoms with E-state index in [9.17, 15) is 4.39 Å². The summed E-state index contributed by atoms with van der Waals surface area (Å²) < 4.78 is 12.2. The third kappa shape index (κ3) is 4.07. The predicted molar refractivity (Wildman–Crippen MR) is 43.4 cm³/mol. The lowest BCUT2D eigenvalue weighted by molar-refractivity contribution is 0.669. The standard InChI is InChI=1S/C9H13F/c1-4-6-9(5-2)7-8(3)10/h4,6-7H,3,5H2,1-2H3/b6-4-,9-7-. The van der Waals surface area contributed by atoms with Gasteiger partial charge in [0.25, 0.3) is 0 Å². The highest BCUT2D eigenvalue weighted by Gasteiger charge is 1.87. The predicted octanol–water partition coefficient (Wildman–Crippen LogP) is 3.38. The fourth-order valence-electron chi connectivity index (χ4n) is 0.683. The summed E-state index contributed by atoms with van der Waals surface area (Å²) in [6, 6.07) is 0. The van der Waals surface area contributed by atoms with Crippen LogP contribution < -0.4 is 0 Å². The van der Waals surface area contributed by atoms with Gasteiger partial charge in [-0.15, -0.1) is 0 Å². The van der Waals surface area contributed by atoms with Crippen molar-refractivity contribution < 1.29 is 4.39 Å². The molecule has 0 bridgehead atoms. The van der Waals surface area contributed by atoms with E-state index in [1.54, 1.807) is 0 Å². The number of allylic oxidation sites excluding steroid dienone is 5. The summed E-state index contributed by atoms with van der Waals surface area (Å²) in [5.74, 6) is -0.380. The fraction of sp³-hybridized carbons (Fsp3) is 0.333. The van der Waals surface area contributed by atoms with Gasteiger partial charge >= 0.3 is 0 Å². The highest BCUT2D eigenvalue weighted by molar-refractivity contribution is 5.24. The van der Waals surface area contributed by atoms with E-state index in [2.05, 4.69) is 6.58 Å². The van der Waals surface area contributed by atoms with Crippen LogP contribution in [0.4, 0.5) is 4.39 Å². The summed E-state index contributed by atoms with van der Waals surface area (Å²) in [5.41, 5.74) is 0.968. The Morgan fingerprint density at radius 1 is 1.60 bits per heavy atom. The zero-order chi connectivity index (χ0) is 7.98. The van der Waals surface area contributed by atoms with Crippen LogP contribution >= 0.6 is 0 Å². The van der Waals surface area contributed by atoms with Gasteiger partial charge in [0.15, 0.2) is 0 Å². The summed E-state index contributed by atoms with van der Waals surface area (Å²) in [6.45, 7) is 7.04. The van der Waals surface area contributed by atoms with Gasteiger partial charge in [-0.1, -0.05) is 25.7 Å². The average Bonchev–Trinajstić information content (AvgIpc) is 1.86. The van der Waals surface area contributed by atoms with E-state index < -0.39 is 0 Å². The maximum atomic E-state index is 12.2. The van der Waals surface area contributed by atoms with Gasteiger partial charge in [-0.25, -0.2) is 4.39 Å². The normalized spacial score (nSPS) is 12.5. The van der Waals surface area contributed by atoms with Crippen molar-refractivity contribution in [3.05, 3.63) is 36.2 Å². The van der Waals surface area contributed by atoms with Crippen LogP contribution in [0.15, 0.2) is 36.2 Å². The zero-order valence-corrected chi connectivity index (χ0v) is 6.52. The summed E-state index contributed by atoms with van der Waals surface area (Å²) >= 11 is 0. The van der Waals surface area contributed by atoms with Gasteiger partial charge in [0.05, 0.1) is 0 Å². The molecule has 0 saturated heterocycles. The fourth-order valence-corrected chi connectivity index (χ4v) is 0.683. The molecule has 0 N–H and O–H groups in total. The SMILES string of the molecule is C=C(F)/C=C(\C=C/C)CC. The van der Waals surface area contributed by atoms with Gasteiger partial charge in [0, 0.05) is 0 Å². The van der Waals surface area contributed by atoms with Crippen molar-refractivity contribution in [1.82, 2.24) is 0 Å². The van der Waals surface area contributed by atoms with Gasteiger partial charge < -0.3 is 0 Å². The maximum absolute atomic E-state index is 12.2. The number of halogens is 1. The van der Waals surface area contributed by atoms with Crippen molar-refractivity contribution >= 4 is 0 Å². The van der Waals surface area contributed by atoms with E-state index in [0.717, 1.165) is 12.0 Å². The first kappa shape index (κ1) is 9.15. The molecule has 0 atom stereocenters. The van der Waals surface area contributed by atoms with Gasteiger partial charge in [-0.3, -0.25) is 0 Å². The number of hydrogen-bond donors (Lipinski definition) is 0. The Hall–Kier alpha value is -0.850. The van der Waals surface area contributed by atoms with Crippen molar-refractivity contribution in [3.8, 4) is 0 Å². The van der Waals surface area contributed by atoms with Crippen molar-refractivity contribution in [3.63, 3.8) is 0 Å². The molecule has 0 aliphatic heterocycles.